The molecule has 1 unspecified atom stereocenters. The molecule has 0 radical (unpaired) electrons. The zero-order chi connectivity index (χ0) is 14.5. The molecule has 0 fully saturated rings. The van der Waals surface area contributed by atoms with Gasteiger partial charge in [0.25, 0.3) is 0 Å². The van der Waals surface area contributed by atoms with E-state index in [9.17, 15) is 9.65 Å². The van der Waals surface area contributed by atoms with E-state index in [2.05, 4.69) is 27.3 Å². The van der Waals surface area contributed by atoms with Crippen LogP contribution in [-0.2, 0) is 0 Å². The van der Waals surface area contributed by atoms with Gasteiger partial charge in [0.2, 0.25) is 0 Å². The number of halogens is 2. The van der Waals surface area contributed by atoms with Crippen LogP contribution in [0.4, 0.5) is 10.1 Å². The maximum Gasteiger partial charge on any atom is 0.141 e. The van der Waals surface area contributed by atoms with Gasteiger partial charge in [-0.2, -0.15) is 5.26 Å². The quantitative estimate of drug-likeness (QED) is 0.907. The van der Waals surface area contributed by atoms with Gasteiger partial charge in [-0.15, -0.1) is 0 Å². The van der Waals surface area contributed by atoms with Gasteiger partial charge in [-0.3, -0.25) is 0 Å². The van der Waals surface area contributed by atoms with Crippen LogP contribution in [0.3, 0.4) is 0 Å². The van der Waals surface area contributed by atoms with E-state index in [1.807, 2.05) is 18.2 Å². The fourth-order valence-corrected chi connectivity index (χ4v) is 2.27. The Morgan fingerprint density at radius 1 is 1.30 bits per heavy atom. The molecule has 0 aliphatic rings. The van der Waals surface area contributed by atoms with E-state index < -0.39 is 6.04 Å². The average Bonchev–Trinajstić information content (AvgIpc) is 2.47. The zero-order valence-electron chi connectivity index (χ0n) is 10.7. The van der Waals surface area contributed by atoms with Crippen LogP contribution in [0.5, 0.6) is 5.75 Å². The van der Waals surface area contributed by atoms with E-state index in [4.69, 9.17) is 4.74 Å². The molecule has 102 valence electrons. The molecule has 0 aliphatic carbocycles. The Kier molecular flexibility index (Phi) is 4.59. The number of nitrogens with zero attached hydrogens (tertiary/aromatic N) is 1. The minimum absolute atomic E-state index is 0.379. The number of nitrogens with one attached hydrogen (secondary N) is 1. The minimum atomic E-state index is -0.660. The second-order valence-corrected chi connectivity index (χ2v) is 4.96. The van der Waals surface area contributed by atoms with Crippen molar-refractivity contribution in [1.29, 1.82) is 5.26 Å². The van der Waals surface area contributed by atoms with Crippen molar-refractivity contribution >= 4 is 21.6 Å². The van der Waals surface area contributed by atoms with E-state index >= 15 is 0 Å². The van der Waals surface area contributed by atoms with Gasteiger partial charge < -0.3 is 10.1 Å². The molecule has 0 amide bonds. The Morgan fingerprint density at radius 2 is 2.10 bits per heavy atom. The van der Waals surface area contributed by atoms with Gasteiger partial charge in [0.05, 0.1) is 13.2 Å². The fraction of sp³-hybridized carbons (Fsp3) is 0.133. The lowest BCUT2D eigenvalue weighted by molar-refractivity contribution is 0.415. The molecule has 1 N–H and O–H groups in total. The number of methoxy groups -OCH3 is 1. The van der Waals surface area contributed by atoms with Gasteiger partial charge in [-0.1, -0.05) is 22.0 Å². The summed E-state index contributed by atoms with van der Waals surface area (Å²) < 4.78 is 19.1. The Hall–Kier alpha value is -2.06. The van der Waals surface area contributed by atoms with Crippen molar-refractivity contribution in [1.82, 2.24) is 0 Å². The summed E-state index contributed by atoms with van der Waals surface area (Å²) in [6.07, 6.45) is 0. The van der Waals surface area contributed by atoms with Crippen LogP contribution >= 0.6 is 15.9 Å². The highest BCUT2D eigenvalue weighted by atomic mass is 79.9. The SMILES string of the molecule is COc1cccc(NC(C#N)c2cc(F)ccc2Br)c1. The molecule has 0 spiro atoms. The third-order valence-corrected chi connectivity index (χ3v) is 3.50. The Bertz CT molecular complexity index is 655. The zero-order valence-corrected chi connectivity index (χ0v) is 12.3. The number of nitriles is 1. The van der Waals surface area contributed by atoms with Crippen molar-refractivity contribution in [2.75, 3.05) is 12.4 Å². The maximum absolute atomic E-state index is 13.3. The summed E-state index contributed by atoms with van der Waals surface area (Å²) in [5.41, 5.74) is 1.28. The van der Waals surface area contributed by atoms with Crippen LogP contribution in [-0.4, -0.2) is 7.11 Å². The van der Waals surface area contributed by atoms with Crippen LogP contribution in [0.25, 0.3) is 0 Å². The second kappa shape index (κ2) is 6.40. The molecule has 0 saturated carbocycles. The van der Waals surface area contributed by atoms with Crippen molar-refractivity contribution in [3.05, 3.63) is 58.3 Å². The predicted octanol–water partition coefficient (Wildman–Crippen LogP) is 4.27. The van der Waals surface area contributed by atoms with Gasteiger partial charge in [0.1, 0.15) is 17.6 Å². The number of hydrogen-bond donors (Lipinski definition) is 1. The highest BCUT2D eigenvalue weighted by Crippen LogP contribution is 2.28. The van der Waals surface area contributed by atoms with Crippen molar-refractivity contribution in [2.45, 2.75) is 6.04 Å². The largest absolute Gasteiger partial charge is 0.497 e. The van der Waals surface area contributed by atoms with Crippen LogP contribution in [0, 0.1) is 17.1 Å². The number of ether oxygens (including phenoxy) is 1. The number of anilines is 1. The standard InChI is InChI=1S/C15H12BrFN2O/c1-20-12-4-2-3-11(8-12)19-15(9-18)13-7-10(17)5-6-14(13)16/h2-8,15,19H,1H3. The Labute approximate surface area is 125 Å². The summed E-state index contributed by atoms with van der Waals surface area (Å²) in [6, 6.07) is 12.9. The Morgan fingerprint density at radius 3 is 2.80 bits per heavy atom. The molecule has 0 aliphatic heterocycles. The molecule has 20 heavy (non-hydrogen) atoms. The van der Waals surface area contributed by atoms with Crippen molar-refractivity contribution in [3.8, 4) is 11.8 Å². The predicted molar refractivity (Wildman–Crippen MR) is 79.1 cm³/mol. The van der Waals surface area contributed by atoms with E-state index in [1.165, 1.54) is 12.1 Å². The van der Waals surface area contributed by atoms with Crippen LogP contribution < -0.4 is 10.1 Å². The smallest absolute Gasteiger partial charge is 0.141 e. The van der Waals surface area contributed by atoms with Gasteiger partial charge in [0.15, 0.2) is 0 Å². The first-order valence-electron chi connectivity index (χ1n) is 5.89. The minimum Gasteiger partial charge on any atom is -0.497 e. The average molecular weight is 335 g/mol. The molecular weight excluding hydrogens is 323 g/mol. The number of hydrogen-bond acceptors (Lipinski definition) is 3. The highest BCUT2D eigenvalue weighted by Gasteiger charge is 2.15. The van der Waals surface area contributed by atoms with Crippen LogP contribution in [0.2, 0.25) is 0 Å². The van der Waals surface area contributed by atoms with E-state index in [0.717, 1.165) is 5.69 Å². The molecule has 2 aromatic rings. The lowest BCUT2D eigenvalue weighted by Crippen LogP contribution is -2.09. The number of rotatable bonds is 4. The second-order valence-electron chi connectivity index (χ2n) is 4.10. The first kappa shape index (κ1) is 14.4. The fourth-order valence-electron chi connectivity index (χ4n) is 1.79. The van der Waals surface area contributed by atoms with Gasteiger partial charge in [0, 0.05) is 21.8 Å². The van der Waals surface area contributed by atoms with Crippen molar-refractivity contribution in [3.63, 3.8) is 0 Å². The molecule has 2 rings (SSSR count). The normalized spacial score (nSPS) is 11.5. The van der Waals surface area contributed by atoms with Gasteiger partial charge in [-0.05, 0) is 30.3 Å². The van der Waals surface area contributed by atoms with Gasteiger partial charge >= 0.3 is 0 Å². The monoisotopic (exact) mass is 334 g/mol. The van der Waals surface area contributed by atoms with Crippen molar-refractivity contribution < 1.29 is 9.13 Å². The van der Waals surface area contributed by atoms with Crippen LogP contribution in [0.1, 0.15) is 11.6 Å². The molecule has 1 atom stereocenters. The molecule has 5 heteroatoms. The molecular formula is C15H12BrFN2O. The summed E-state index contributed by atoms with van der Waals surface area (Å²) >= 11 is 3.33. The van der Waals surface area contributed by atoms with Gasteiger partial charge in [-0.25, -0.2) is 4.39 Å². The first-order valence-corrected chi connectivity index (χ1v) is 6.68. The summed E-state index contributed by atoms with van der Waals surface area (Å²) in [5.74, 6) is 0.306. The molecule has 0 heterocycles. The highest BCUT2D eigenvalue weighted by molar-refractivity contribution is 9.10. The lowest BCUT2D eigenvalue weighted by atomic mass is 10.1. The Balaban J connectivity index is 2.29. The number of benzene rings is 2. The first-order chi connectivity index (χ1) is 9.63. The molecule has 2 aromatic carbocycles. The third-order valence-electron chi connectivity index (χ3n) is 2.78. The summed E-state index contributed by atoms with van der Waals surface area (Å²) in [6.45, 7) is 0. The maximum atomic E-state index is 13.3. The van der Waals surface area contributed by atoms with Crippen LogP contribution in [0.15, 0.2) is 46.9 Å². The molecule has 3 nitrogen and oxygen atoms in total. The van der Waals surface area contributed by atoms with E-state index in [-0.39, 0.29) is 5.82 Å². The lowest BCUT2D eigenvalue weighted by Gasteiger charge is -2.15. The van der Waals surface area contributed by atoms with Crippen molar-refractivity contribution in [2.24, 2.45) is 0 Å². The molecule has 0 aromatic heterocycles. The summed E-state index contributed by atoms with van der Waals surface area (Å²) in [5, 5.41) is 12.3. The summed E-state index contributed by atoms with van der Waals surface area (Å²) in [4.78, 5) is 0. The molecule has 0 saturated heterocycles. The topological polar surface area (TPSA) is 45.0 Å². The molecule has 0 bridgehead atoms. The summed E-state index contributed by atoms with van der Waals surface area (Å²) in [7, 11) is 1.57. The third kappa shape index (κ3) is 3.28. The van der Waals surface area contributed by atoms with E-state index in [1.54, 1.807) is 19.2 Å². The van der Waals surface area contributed by atoms with E-state index in [0.29, 0.717) is 15.8 Å².